The first-order valence-corrected chi connectivity index (χ1v) is 13.8. The summed E-state index contributed by atoms with van der Waals surface area (Å²) in [5.41, 5.74) is 1.66. The Balaban J connectivity index is 1.37. The molecule has 2 fully saturated rings. The number of rotatable bonds is 8. The summed E-state index contributed by atoms with van der Waals surface area (Å²) in [6.07, 6.45) is -3.63. The van der Waals surface area contributed by atoms with Crippen molar-refractivity contribution in [1.29, 1.82) is 0 Å². The van der Waals surface area contributed by atoms with Gasteiger partial charge in [-0.2, -0.15) is 9.97 Å². The van der Waals surface area contributed by atoms with Crippen molar-refractivity contribution in [2.75, 3.05) is 82.0 Å². The van der Waals surface area contributed by atoms with E-state index in [2.05, 4.69) is 19.5 Å². The van der Waals surface area contributed by atoms with Gasteiger partial charge in [0, 0.05) is 70.9 Å². The van der Waals surface area contributed by atoms with Gasteiger partial charge in [0.15, 0.2) is 5.75 Å². The standard InChI is InChI=1S/C27H35F3N6O5/c1-19(37)34-8-10-35(11-9-34)25-21-5-7-36(23-17-20(38)3-4-24(23)41-27(28,29)30)18-22(21)31-26(32-25)40-14-2-6-33-12-15-39-16-13-33/h3-4,17,38H,2,5-16,18H2,1H3. The van der Waals surface area contributed by atoms with Crippen molar-refractivity contribution >= 4 is 17.4 Å². The molecule has 2 aromatic rings. The summed E-state index contributed by atoms with van der Waals surface area (Å²) in [6, 6.07) is 3.74. The zero-order valence-electron chi connectivity index (χ0n) is 23.0. The normalized spacial score (nSPS) is 18.3. The number of aromatic nitrogens is 2. The van der Waals surface area contributed by atoms with Crippen LogP contribution in [0.4, 0.5) is 24.7 Å². The number of alkyl halides is 3. The highest BCUT2D eigenvalue weighted by atomic mass is 19.4. The van der Waals surface area contributed by atoms with Gasteiger partial charge >= 0.3 is 12.4 Å². The monoisotopic (exact) mass is 580 g/mol. The minimum Gasteiger partial charge on any atom is -0.508 e. The number of ether oxygens (including phenoxy) is 3. The summed E-state index contributed by atoms with van der Waals surface area (Å²) < 4.78 is 55.0. The molecular weight excluding hydrogens is 545 g/mol. The zero-order valence-corrected chi connectivity index (χ0v) is 23.0. The Morgan fingerprint density at radius 1 is 1.05 bits per heavy atom. The molecule has 224 valence electrons. The number of amides is 1. The third-order valence-electron chi connectivity index (χ3n) is 7.51. The number of hydrogen-bond acceptors (Lipinski definition) is 10. The van der Waals surface area contributed by atoms with Crippen LogP contribution in [-0.2, 0) is 22.5 Å². The van der Waals surface area contributed by atoms with Gasteiger partial charge in [0.05, 0.1) is 37.7 Å². The largest absolute Gasteiger partial charge is 0.573 e. The predicted molar refractivity (Wildman–Crippen MR) is 143 cm³/mol. The number of anilines is 2. The fourth-order valence-corrected chi connectivity index (χ4v) is 5.39. The molecule has 1 amide bonds. The lowest BCUT2D eigenvalue weighted by Gasteiger charge is -2.38. The number of benzene rings is 1. The second-order valence-corrected chi connectivity index (χ2v) is 10.3. The lowest BCUT2D eigenvalue weighted by molar-refractivity contribution is -0.274. The van der Waals surface area contributed by atoms with Crippen molar-refractivity contribution in [2.45, 2.75) is 32.7 Å². The van der Waals surface area contributed by atoms with Crippen molar-refractivity contribution in [3.8, 4) is 17.5 Å². The van der Waals surface area contributed by atoms with Crippen LogP contribution in [0.3, 0.4) is 0 Å². The van der Waals surface area contributed by atoms with Crippen LogP contribution in [0.1, 0.15) is 24.6 Å². The molecule has 1 aromatic heterocycles. The van der Waals surface area contributed by atoms with Gasteiger partial charge in [-0.05, 0) is 25.0 Å². The third-order valence-corrected chi connectivity index (χ3v) is 7.51. The highest BCUT2D eigenvalue weighted by Gasteiger charge is 2.34. The lowest BCUT2D eigenvalue weighted by Crippen LogP contribution is -2.49. The summed E-state index contributed by atoms with van der Waals surface area (Å²) in [5, 5.41) is 10.0. The van der Waals surface area contributed by atoms with Crippen molar-refractivity contribution < 1.29 is 37.3 Å². The Morgan fingerprint density at radius 2 is 1.80 bits per heavy atom. The van der Waals surface area contributed by atoms with Crippen LogP contribution in [0.2, 0.25) is 0 Å². The maximum Gasteiger partial charge on any atom is 0.573 e. The SMILES string of the molecule is CC(=O)N1CCN(c2nc(OCCCN3CCOCC3)nc3c2CCN(c2cc(O)ccc2OC(F)(F)F)C3)CC1. The number of nitrogens with zero attached hydrogens (tertiary/aromatic N) is 6. The summed E-state index contributed by atoms with van der Waals surface area (Å²) in [7, 11) is 0. The molecule has 0 unspecified atom stereocenters. The smallest absolute Gasteiger partial charge is 0.508 e. The van der Waals surface area contributed by atoms with E-state index in [-0.39, 0.29) is 29.9 Å². The van der Waals surface area contributed by atoms with Gasteiger partial charge in [-0.1, -0.05) is 0 Å². The van der Waals surface area contributed by atoms with Gasteiger partial charge in [-0.3, -0.25) is 9.69 Å². The number of phenolic OH excluding ortho intramolecular Hbond substituents is 1. The second-order valence-electron chi connectivity index (χ2n) is 10.3. The number of fused-ring (bicyclic) bond motifs is 1. The molecule has 14 heteroatoms. The van der Waals surface area contributed by atoms with E-state index in [9.17, 15) is 23.1 Å². The van der Waals surface area contributed by atoms with Gasteiger partial charge in [-0.15, -0.1) is 13.2 Å². The maximum atomic E-state index is 13.1. The minimum absolute atomic E-state index is 0.0253. The van der Waals surface area contributed by atoms with Crippen LogP contribution < -0.4 is 19.3 Å². The topological polar surface area (TPSA) is 104 Å². The molecule has 0 aliphatic carbocycles. The molecule has 11 nitrogen and oxygen atoms in total. The highest BCUT2D eigenvalue weighted by molar-refractivity contribution is 5.73. The Hall–Kier alpha value is -3.52. The molecule has 0 radical (unpaired) electrons. The Kier molecular flexibility index (Phi) is 8.88. The van der Waals surface area contributed by atoms with E-state index in [0.717, 1.165) is 62.8 Å². The van der Waals surface area contributed by atoms with Gasteiger partial charge in [0.25, 0.3) is 0 Å². The molecular formula is C27H35F3N6O5. The third kappa shape index (κ3) is 7.41. The van der Waals surface area contributed by atoms with Gasteiger partial charge in [0.1, 0.15) is 11.6 Å². The molecule has 2 saturated heterocycles. The number of morpholine rings is 1. The summed E-state index contributed by atoms with van der Waals surface area (Å²) in [5.74, 6) is 0.185. The van der Waals surface area contributed by atoms with E-state index in [4.69, 9.17) is 14.5 Å². The molecule has 1 aromatic carbocycles. The van der Waals surface area contributed by atoms with Crippen LogP contribution in [0.5, 0.6) is 17.5 Å². The van der Waals surface area contributed by atoms with E-state index < -0.39 is 12.1 Å². The number of halogens is 3. The van der Waals surface area contributed by atoms with Crippen molar-refractivity contribution in [3.05, 3.63) is 29.5 Å². The van der Waals surface area contributed by atoms with Gasteiger partial charge in [0.2, 0.25) is 5.91 Å². The number of aromatic hydroxyl groups is 1. The second kappa shape index (κ2) is 12.6. The molecule has 3 aliphatic heterocycles. The Labute approximate surface area is 236 Å². The van der Waals surface area contributed by atoms with Crippen LogP contribution in [0, 0.1) is 0 Å². The number of carbonyl (C=O) groups is 1. The van der Waals surface area contributed by atoms with E-state index in [1.165, 1.54) is 6.07 Å². The van der Waals surface area contributed by atoms with Gasteiger partial charge in [-0.25, -0.2) is 0 Å². The summed E-state index contributed by atoms with van der Waals surface area (Å²) in [4.78, 5) is 29.2. The Morgan fingerprint density at radius 3 is 2.51 bits per heavy atom. The molecule has 3 aliphatic rings. The first kappa shape index (κ1) is 29.0. The van der Waals surface area contributed by atoms with Crippen molar-refractivity contribution in [2.24, 2.45) is 0 Å². The van der Waals surface area contributed by atoms with Gasteiger partial charge < -0.3 is 34.0 Å². The maximum absolute atomic E-state index is 13.1. The fourth-order valence-electron chi connectivity index (χ4n) is 5.39. The van der Waals surface area contributed by atoms with Crippen molar-refractivity contribution in [3.63, 3.8) is 0 Å². The highest BCUT2D eigenvalue weighted by Crippen LogP contribution is 2.39. The molecule has 0 spiro atoms. The number of carbonyl (C=O) groups excluding carboxylic acids is 1. The van der Waals surface area contributed by atoms with E-state index in [1.807, 2.05) is 0 Å². The van der Waals surface area contributed by atoms with Crippen LogP contribution in [0.15, 0.2) is 18.2 Å². The van der Waals surface area contributed by atoms with Crippen LogP contribution in [-0.4, -0.2) is 109 Å². The summed E-state index contributed by atoms with van der Waals surface area (Å²) >= 11 is 0. The first-order chi connectivity index (χ1) is 19.7. The molecule has 1 N–H and O–H groups in total. The molecule has 5 rings (SSSR count). The summed E-state index contributed by atoms with van der Waals surface area (Å²) in [6.45, 7) is 8.92. The predicted octanol–water partition coefficient (Wildman–Crippen LogP) is 2.41. The molecule has 0 atom stereocenters. The zero-order chi connectivity index (χ0) is 29.0. The Bertz CT molecular complexity index is 1220. The van der Waals surface area contributed by atoms with E-state index in [0.29, 0.717) is 51.4 Å². The molecule has 0 bridgehead atoms. The molecule has 0 saturated carbocycles. The molecule has 4 heterocycles. The van der Waals surface area contributed by atoms with Crippen LogP contribution in [0.25, 0.3) is 0 Å². The number of hydrogen-bond donors (Lipinski definition) is 1. The quantitative estimate of drug-likeness (QED) is 0.469. The lowest BCUT2D eigenvalue weighted by atomic mass is 10.0. The number of phenols is 1. The first-order valence-electron chi connectivity index (χ1n) is 13.8. The number of piperazine rings is 1. The van der Waals surface area contributed by atoms with E-state index in [1.54, 1.807) is 16.7 Å². The van der Waals surface area contributed by atoms with Crippen molar-refractivity contribution in [1.82, 2.24) is 19.8 Å². The minimum atomic E-state index is -4.88. The average molecular weight is 581 g/mol. The van der Waals surface area contributed by atoms with E-state index >= 15 is 0 Å². The average Bonchev–Trinajstić information content (AvgIpc) is 2.95. The van der Waals surface area contributed by atoms with Crippen LogP contribution >= 0.6 is 0 Å². The fraction of sp³-hybridized carbons (Fsp3) is 0.593. The molecule has 41 heavy (non-hydrogen) atoms.